The van der Waals surface area contributed by atoms with Crippen molar-refractivity contribution in [1.29, 1.82) is 0 Å². The number of carbonyl (C=O) groups is 3. The first-order valence-electron chi connectivity index (χ1n) is 11.2. The fraction of sp³-hybridized carbons (Fsp3) is 0.667. The van der Waals surface area contributed by atoms with Crippen molar-refractivity contribution in [1.82, 2.24) is 0 Å². The molecule has 0 saturated heterocycles. The van der Waals surface area contributed by atoms with Gasteiger partial charge in [-0.1, -0.05) is 23.7 Å². The summed E-state index contributed by atoms with van der Waals surface area (Å²) in [5.41, 5.74) is -4.65. The zero-order valence-electron chi connectivity index (χ0n) is 18.5. The van der Waals surface area contributed by atoms with E-state index in [1.165, 1.54) is 19.1 Å². The van der Waals surface area contributed by atoms with Gasteiger partial charge in [-0.05, 0) is 50.7 Å². The molecule has 5 aliphatic rings. The second-order valence-corrected chi connectivity index (χ2v) is 10.4. The van der Waals surface area contributed by atoms with Crippen molar-refractivity contribution < 1.29 is 33.5 Å². The molecule has 1 N–H and O–H groups in total. The van der Waals surface area contributed by atoms with E-state index in [1.54, 1.807) is 19.2 Å². The van der Waals surface area contributed by atoms with Gasteiger partial charge in [0.1, 0.15) is 0 Å². The number of ketones is 2. The molecule has 32 heavy (non-hydrogen) atoms. The van der Waals surface area contributed by atoms with Gasteiger partial charge in [-0.25, -0.2) is 4.39 Å². The minimum Gasteiger partial charge on any atom is -0.458 e. The number of rotatable bonds is 3. The maximum atomic E-state index is 17.1. The van der Waals surface area contributed by atoms with Gasteiger partial charge in [0.05, 0.1) is 12.3 Å². The fourth-order valence-electron chi connectivity index (χ4n) is 7.66. The third kappa shape index (κ3) is 2.34. The van der Waals surface area contributed by atoms with Crippen molar-refractivity contribution in [2.75, 3.05) is 6.61 Å². The molecule has 172 valence electrons. The standard InChI is InChI=1S/C24H28FNO6/c1-13(27)31-12-20(30)24-15(11-26-32-24)9-18-17-5-4-14-8-16(28)6-7-21(14,2)23(17,25)19(29)10-22(18,24)3/h6-8,11,15,17-19,29H,4-5,9-10,12H2,1-3H3/t15-,17-,18-,19?,21-,22-,23-,24-/m0/s1. The van der Waals surface area contributed by atoms with E-state index in [2.05, 4.69) is 5.16 Å². The summed E-state index contributed by atoms with van der Waals surface area (Å²) in [6.45, 7) is 4.41. The summed E-state index contributed by atoms with van der Waals surface area (Å²) in [6.07, 6.45) is 6.23. The molecule has 4 aliphatic carbocycles. The van der Waals surface area contributed by atoms with Crippen molar-refractivity contribution in [3.05, 3.63) is 23.8 Å². The largest absolute Gasteiger partial charge is 0.458 e. The Morgan fingerprint density at radius 2 is 2.09 bits per heavy atom. The second kappa shape index (κ2) is 6.59. The molecule has 7 nitrogen and oxygen atoms in total. The van der Waals surface area contributed by atoms with E-state index in [-0.39, 0.29) is 24.0 Å². The summed E-state index contributed by atoms with van der Waals surface area (Å²) in [5.74, 6) is -2.32. The third-order valence-corrected chi connectivity index (χ3v) is 9.17. The number of aliphatic hydroxyl groups excluding tert-OH is 1. The highest BCUT2D eigenvalue weighted by Gasteiger charge is 2.78. The first-order valence-corrected chi connectivity index (χ1v) is 11.2. The van der Waals surface area contributed by atoms with E-state index >= 15 is 4.39 Å². The number of esters is 1. The van der Waals surface area contributed by atoms with Gasteiger partial charge in [0, 0.05) is 29.6 Å². The van der Waals surface area contributed by atoms with Crippen LogP contribution < -0.4 is 0 Å². The van der Waals surface area contributed by atoms with Crippen LogP contribution in [0.4, 0.5) is 4.39 Å². The van der Waals surface area contributed by atoms with Crippen molar-refractivity contribution in [2.24, 2.45) is 33.7 Å². The zero-order valence-corrected chi connectivity index (χ0v) is 18.5. The number of fused-ring (bicyclic) bond motifs is 7. The number of hydrogen-bond donors (Lipinski definition) is 1. The van der Waals surface area contributed by atoms with Crippen molar-refractivity contribution in [2.45, 2.75) is 63.8 Å². The Kier molecular flexibility index (Phi) is 4.43. The predicted molar refractivity (Wildman–Crippen MR) is 111 cm³/mol. The van der Waals surface area contributed by atoms with Crippen molar-refractivity contribution >= 4 is 23.8 Å². The molecule has 8 atom stereocenters. The normalized spacial score (nSPS) is 48.2. The summed E-state index contributed by atoms with van der Waals surface area (Å²) in [7, 11) is 0. The van der Waals surface area contributed by atoms with E-state index in [4.69, 9.17) is 9.57 Å². The van der Waals surface area contributed by atoms with E-state index < -0.39 is 52.5 Å². The molecule has 1 unspecified atom stereocenters. The highest BCUT2D eigenvalue weighted by Crippen LogP contribution is 2.71. The molecule has 0 aromatic carbocycles. The first kappa shape index (κ1) is 21.5. The molecule has 3 saturated carbocycles. The lowest BCUT2D eigenvalue weighted by Gasteiger charge is -2.62. The van der Waals surface area contributed by atoms with Gasteiger partial charge in [-0.15, -0.1) is 0 Å². The monoisotopic (exact) mass is 445 g/mol. The lowest BCUT2D eigenvalue weighted by atomic mass is 9.44. The summed E-state index contributed by atoms with van der Waals surface area (Å²) in [5, 5.41) is 15.3. The van der Waals surface area contributed by atoms with Gasteiger partial charge >= 0.3 is 5.97 Å². The Morgan fingerprint density at radius 3 is 2.81 bits per heavy atom. The van der Waals surface area contributed by atoms with Crippen molar-refractivity contribution in [3.8, 4) is 0 Å². The molecule has 1 heterocycles. The topological polar surface area (TPSA) is 102 Å². The Hall–Kier alpha value is -2.35. The molecule has 0 aromatic heterocycles. The van der Waals surface area contributed by atoms with Gasteiger partial charge in [0.15, 0.2) is 18.1 Å². The van der Waals surface area contributed by atoms with Crippen LogP contribution in [0.15, 0.2) is 29.0 Å². The molecule has 0 spiro atoms. The van der Waals surface area contributed by atoms with Gasteiger partial charge in [0.2, 0.25) is 11.4 Å². The average molecular weight is 445 g/mol. The highest BCUT2D eigenvalue weighted by atomic mass is 19.1. The number of carbonyl (C=O) groups excluding carboxylic acids is 3. The van der Waals surface area contributed by atoms with Crippen LogP contribution in [-0.2, 0) is 24.0 Å². The Morgan fingerprint density at radius 1 is 1.34 bits per heavy atom. The Bertz CT molecular complexity index is 1000. The number of allylic oxidation sites excluding steroid dienone is 4. The third-order valence-electron chi connectivity index (χ3n) is 9.17. The highest BCUT2D eigenvalue weighted by molar-refractivity contribution is 6.01. The van der Waals surface area contributed by atoms with Crippen LogP contribution in [0, 0.1) is 28.6 Å². The minimum absolute atomic E-state index is 0.000987. The van der Waals surface area contributed by atoms with Crippen LogP contribution in [0.25, 0.3) is 0 Å². The maximum Gasteiger partial charge on any atom is 0.303 e. The fourth-order valence-corrected chi connectivity index (χ4v) is 7.66. The molecular formula is C24H28FNO6. The predicted octanol–water partition coefficient (Wildman–Crippen LogP) is 2.47. The molecule has 5 rings (SSSR count). The maximum absolute atomic E-state index is 17.1. The SMILES string of the molecule is CC(=O)OCC(=O)[C@@]12ON=C[C@@H]1C[C@H]1[C@@H]3CCC4=CC(=O)C=C[C@]4(C)[C@@]3(F)C(O)C[C@@]12C. The summed E-state index contributed by atoms with van der Waals surface area (Å²) in [4.78, 5) is 42.4. The minimum atomic E-state index is -1.98. The number of Topliss-reactive ketones (excluding diaryl/α,β-unsaturated/α-hetero) is 1. The lowest BCUT2D eigenvalue weighted by molar-refractivity contribution is -0.225. The van der Waals surface area contributed by atoms with E-state index in [1.807, 2.05) is 6.92 Å². The molecule has 0 aromatic rings. The van der Waals surface area contributed by atoms with Crippen LogP contribution in [0.3, 0.4) is 0 Å². The average Bonchev–Trinajstić information content (AvgIpc) is 3.25. The number of oxime groups is 1. The lowest BCUT2D eigenvalue weighted by Crippen LogP contribution is -2.69. The van der Waals surface area contributed by atoms with Crippen LogP contribution >= 0.6 is 0 Å². The molecule has 1 aliphatic heterocycles. The molecule has 0 amide bonds. The van der Waals surface area contributed by atoms with Gasteiger partial charge in [-0.2, -0.15) is 0 Å². The van der Waals surface area contributed by atoms with Crippen LogP contribution in [0.1, 0.15) is 46.5 Å². The summed E-state index contributed by atoms with van der Waals surface area (Å²) in [6, 6.07) is 0. The van der Waals surface area contributed by atoms with Crippen LogP contribution in [-0.4, -0.2) is 52.8 Å². The van der Waals surface area contributed by atoms with Crippen molar-refractivity contribution in [3.63, 3.8) is 0 Å². The Labute approximate surface area is 185 Å². The molecule has 0 radical (unpaired) electrons. The molecular weight excluding hydrogens is 417 g/mol. The van der Waals surface area contributed by atoms with Gasteiger partial charge in [0.25, 0.3) is 0 Å². The van der Waals surface area contributed by atoms with Gasteiger partial charge in [-0.3, -0.25) is 14.4 Å². The number of alkyl halides is 1. The summed E-state index contributed by atoms with van der Waals surface area (Å²) >= 11 is 0. The number of ether oxygens (including phenoxy) is 1. The molecule has 3 fully saturated rings. The number of hydrogen-bond acceptors (Lipinski definition) is 7. The van der Waals surface area contributed by atoms with E-state index in [0.717, 1.165) is 0 Å². The van der Waals surface area contributed by atoms with Crippen LogP contribution in [0.2, 0.25) is 0 Å². The summed E-state index contributed by atoms with van der Waals surface area (Å²) < 4.78 is 22.1. The molecule has 0 bridgehead atoms. The Balaban J connectivity index is 1.58. The quantitative estimate of drug-likeness (QED) is 0.670. The second-order valence-electron chi connectivity index (χ2n) is 10.4. The molecule has 8 heteroatoms. The first-order chi connectivity index (χ1) is 15.0. The zero-order chi connectivity index (χ0) is 23.1. The smallest absolute Gasteiger partial charge is 0.303 e. The van der Waals surface area contributed by atoms with Crippen LogP contribution in [0.5, 0.6) is 0 Å². The van der Waals surface area contributed by atoms with E-state index in [9.17, 15) is 19.5 Å². The van der Waals surface area contributed by atoms with Gasteiger partial charge < -0.3 is 14.7 Å². The number of nitrogens with zero attached hydrogens (tertiary/aromatic N) is 1. The number of aliphatic hydroxyl groups is 1. The number of halogens is 1. The van der Waals surface area contributed by atoms with E-state index in [0.29, 0.717) is 24.8 Å².